The summed E-state index contributed by atoms with van der Waals surface area (Å²) in [6, 6.07) is 9.76. The van der Waals surface area contributed by atoms with E-state index in [0.29, 0.717) is 6.61 Å². The van der Waals surface area contributed by atoms with Crippen molar-refractivity contribution in [3.8, 4) is 0 Å². The fraction of sp³-hybridized carbons (Fsp3) is 0.731. The normalized spacial score (nSPS) is 11.2. The average Bonchev–Trinajstić information content (AvgIpc) is 2.76. The van der Waals surface area contributed by atoms with Crippen molar-refractivity contribution < 1.29 is 19.3 Å². The number of hydrogen-bond donors (Lipinski definition) is 0. The molecule has 4 nitrogen and oxygen atoms in total. The van der Waals surface area contributed by atoms with Crippen molar-refractivity contribution in [1.29, 1.82) is 0 Å². The molecule has 0 spiro atoms. The van der Waals surface area contributed by atoms with Crippen LogP contribution in [-0.2, 0) is 25.9 Å². The highest BCUT2D eigenvalue weighted by Crippen LogP contribution is 2.17. The Morgan fingerprint density at radius 2 is 1.27 bits per heavy atom. The SMILES string of the molecule is CCCCCCCCC(CCCCCCCC)OC(=O)COOCc1ccccc1. The first-order valence-electron chi connectivity index (χ1n) is 12.2. The molecule has 0 fully saturated rings. The summed E-state index contributed by atoms with van der Waals surface area (Å²) >= 11 is 0. The molecule has 0 aliphatic heterocycles. The highest BCUT2D eigenvalue weighted by molar-refractivity contribution is 5.70. The molecule has 0 saturated carbocycles. The van der Waals surface area contributed by atoms with Gasteiger partial charge in [-0.3, -0.25) is 0 Å². The van der Waals surface area contributed by atoms with E-state index in [-0.39, 0.29) is 18.7 Å². The van der Waals surface area contributed by atoms with E-state index in [1.165, 1.54) is 64.2 Å². The molecule has 1 aromatic carbocycles. The van der Waals surface area contributed by atoms with E-state index >= 15 is 0 Å². The van der Waals surface area contributed by atoms with Gasteiger partial charge in [-0.05, 0) is 31.2 Å². The predicted molar refractivity (Wildman–Crippen MR) is 123 cm³/mol. The number of unbranched alkanes of at least 4 members (excludes halogenated alkanes) is 10. The summed E-state index contributed by atoms with van der Waals surface area (Å²) in [7, 11) is 0. The Morgan fingerprint density at radius 1 is 0.733 bits per heavy atom. The van der Waals surface area contributed by atoms with Gasteiger partial charge in [-0.15, -0.1) is 0 Å². The van der Waals surface area contributed by atoms with Crippen molar-refractivity contribution in [3.05, 3.63) is 35.9 Å². The van der Waals surface area contributed by atoms with Crippen LogP contribution in [0.25, 0.3) is 0 Å². The van der Waals surface area contributed by atoms with Crippen molar-refractivity contribution in [1.82, 2.24) is 0 Å². The molecule has 0 unspecified atom stereocenters. The van der Waals surface area contributed by atoms with Crippen molar-refractivity contribution in [2.24, 2.45) is 0 Å². The third-order valence-electron chi connectivity index (χ3n) is 5.39. The lowest BCUT2D eigenvalue weighted by Gasteiger charge is -2.18. The van der Waals surface area contributed by atoms with Crippen LogP contribution in [0, 0.1) is 0 Å². The lowest BCUT2D eigenvalue weighted by molar-refractivity contribution is -0.302. The summed E-state index contributed by atoms with van der Waals surface area (Å²) in [4.78, 5) is 22.4. The van der Waals surface area contributed by atoms with Crippen molar-refractivity contribution in [2.45, 2.75) is 116 Å². The van der Waals surface area contributed by atoms with E-state index in [1.807, 2.05) is 30.3 Å². The van der Waals surface area contributed by atoms with Gasteiger partial charge < -0.3 is 4.74 Å². The topological polar surface area (TPSA) is 44.8 Å². The average molecular weight is 421 g/mol. The van der Waals surface area contributed by atoms with E-state index in [1.54, 1.807) is 0 Å². The molecule has 0 aliphatic rings. The molecule has 172 valence electrons. The van der Waals surface area contributed by atoms with Gasteiger partial charge in [-0.1, -0.05) is 108 Å². The van der Waals surface area contributed by atoms with E-state index in [4.69, 9.17) is 14.5 Å². The fourth-order valence-corrected chi connectivity index (χ4v) is 3.56. The van der Waals surface area contributed by atoms with Crippen LogP contribution >= 0.6 is 0 Å². The van der Waals surface area contributed by atoms with Crippen LogP contribution in [0.1, 0.15) is 109 Å². The van der Waals surface area contributed by atoms with E-state index < -0.39 is 0 Å². The quantitative estimate of drug-likeness (QED) is 0.0945. The fourth-order valence-electron chi connectivity index (χ4n) is 3.56. The molecule has 0 saturated heterocycles. The van der Waals surface area contributed by atoms with Crippen molar-refractivity contribution in [3.63, 3.8) is 0 Å². The van der Waals surface area contributed by atoms with Crippen LogP contribution in [0.4, 0.5) is 0 Å². The molecule has 0 N–H and O–H groups in total. The first-order chi connectivity index (χ1) is 14.8. The van der Waals surface area contributed by atoms with Crippen LogP contribution in [-0.4, -0.2) is 18.7 Å². The molecule has 0 heterocycles. The van der Waals surface area contributed by atoms with Crippen molar-refractivity contribution in [2.75, 3.05) is 6.61 Å². The van der Waals surface area contributed by atoms with Gasteiger partial charge in [-0.2, -0.15) is 0 Å². The Labute approximate surface area is 184 Å². The monoisotopic (exact) mass is 420 g/mol. The Balaban J connectivity index is 2.24. The van der Waals surface area contributed by atoms with Gasteiger partial charge in [0.2, 0.25) is 0 Å². The van der Waals surface area contributed by atoms with Crippen LogP contribution in [0.5, 0.6) is 0 Å². The molecule has 30 heavy (non-hydrogen) atoms. The number of benzene rings is 1. The molecule has 0 atom stereocenters. The molecule has 4 heteroatoms. The third-order valence-corrected chi connectivity index (χ3v) is 5.39. The number of rotatable bonds is 20. The summed E-state index contributed by atoms with van der Waals surface area (Å²) in [5.74, 6) is -0.329. The van der Waals surface area contributed by atoms with Gasteiger partial charge in [-0.25, -0.2) is 14.6 Å². The Hall–Kier alpha value is -1.39. The number of hydrogen-bond acceptors (Lipinski definition) is 4. The van der Waals surface area contributed by atoms with Crippen LogP contribution < -0.4 is 0 Å². The summed E-state index contributed by atoms with van der Waals surface area (Å²) in [5, 5.41) is 0. The lowest BCUT2D eigenvalue weighted by Crippen LogP contribution is -2.22. The number of esters is 1. The Morgan fingerprint density at radius 3 is 1.83 bits per heavy atom. The number of ether oxygens (including phenoxy) is 1. The van der Waals surface area contributed by atoms with E-state index in [9.17, 15) is 4.79 Å². The first-order valence-corrected chi connectivity index (χ1v) is 12.2. The summed E-state index contributed by atoms with van der Waals surface area (Å²) < 4.78 is 5.71. The minimum Gasteiger partial charge on any atom is -0.461 e. The van der Waals surface area contributed by atoms with Gasteiger partial charge in [0.25, 0.3) is 0 Å². The summed E-state index contributed by atoms with van der Waals surface area (Å²) in [6.07, 6.45) is 17.0. The zero-order valence-corrected chi connectivity index (χ0v) is 19.4. The van der Waals surface area contributed by atoms with E-state index in [2.05, 4.69) is 13.8 Å². The molecule has 0 amide bonds. The first kappa shape index (κ1) is 26.6. The smallest absolute Gasteiger partial charge is 0.335 e. The van der Waals surface area contributed by atoms with Gasteiger partial charge in [0.15, 0.2) is 6.61 Å². The molecular formula is C26H44O4. The second-order valence-corrected chi connectivity index (χ2v) is 8.23. The molecule has 0 radical (unpaired) electrons. The maximum Gasteiger partial charge on any atom is 0.335 e. The van der Waals surface area contributed by atoms with Crippen LogP contribution in [0.2, 0.25) is 0 Å². The molecule has 1 aromatic rings. The van der Waals surface area contributed by atoms with Crippen LogP contribution in [0.3, 0.4) is 0 Å². The zero-order chi connectivity index (χ0) is 21.7. The number of carbonyl (C=O) groups is 1. The second kappa shape index (κ2) is 19.6. The van der Waals surface area contributed by atoms with Gasteiger partial charge >= 0.3 is 5.97 Å². The lowest BCUT2D eigenvalue weighted by atomic mass is 10.0. The highest BCUT2D eigenvalue weighted by Gasteiger charge is 2.15. The molecule has 0 bridgehead atoms. The Kier molecular flexibility index (Phi) is 17.4. The maximum atomic E-state index is 12.2. The largest absolute Gasteiger partial charge is 0.461 e. The predicted octanol–water partition coefficient (Wildman–Crippen LogP) is 7.55. The third kappa shape index (κ3) is 15.4. The minimum absolute atomic E-state index is 0.00701. The van der Waals surface area contributed by atoms with E-state index in [0.717, 1.165) is 31.2 Å². The Bertz CT molecular complexity index is 487. The van der Waals surface area contributed by atoms with Gasteiger partial charge in [0.05, 0.1) is 0 Å². The minimum atomic E-state index is -0.329. The summed E-state index contributed by atoms with van der Waals surface area (Å²) in [5.41, 5.74) is 1.01. The standard InChI is InChI=1S/C26H44O4/c1-3-5-7-9-11-16-20-25(21-17-12-10-8-6-4-2)30-26(27)23-29-28-22-24-18-14-13-15-19-24/h13-15,18-19,25H,3-12,16-17,20-23H2,1-2H3. The number of carbonyl (C=O) groups excluding carboxylic acids is 1. The van der Waals surface area contributed by atoms with Gasteiger partial charge in [0.1, 0.15) is 12.7 Å². The molecular weight excluding hydrogens is 376 g/mol. The second-order valence-electron chi connectivity index (χ2n) is 8.23. The highest BCUT2D eigenvalue weighted by atomic mass is 17.2. The van der Waals surface area contributed by atoms with Crippen molar-refractivity contribution >= 4 is 5.97 Å². The van der Waals surface area contributed by atoms with Crippen LogP contribution in [0.15, 0.2) is 30.3 Å². The van der Waals surface area contributed by atoms with Gasteiger partial charge in [0, 0.05) is 0 Å². The zero-order valence-electron chi connectivity index (χ0n) is 19.4. The molecule has 0 aromatic heterocycles. The molecule has 1 rings (SSSR count). The maximum absolute atomic E-state index is 12.2. The molecule has 0 aliphatic carbocycles. The summed E-state index contributed by atoms with van der Waals surface area (Å²) in [6.45, 7) is 4.65.